The highest BCUT2D eigenvalue weighted by Gasteiger charge is 2.28. The fourth-order valence-corrected chi connectivity index (χ4v) is 3.22. The molecule has 1 N–H and O–H groups in total. The van der Waals surface area contributed by atoms with Gasteiger partial charge in [0.1, 0.15) is 5.75 Å². The fraction of sp³-hybridized carbons (Fsp3) is 0.600. The summed E-state index contributed by atoms with van der Waals surface area (Å²) in [7, 11) is 3.49. The van der Waals surface area contributed by atoms with Crippen molar-refractivity contribution >= 4 is 11.9 Å². The molecule has 144 valence electrons. The summed E-state index contributed by atoms with van der Waals surface area (Å²) in [5.41, 5.74) is 1.24. The van der Waals surface area contributed by atoms with E-state index in [9.17, 15) is 9.59 Å². The minimum Gasteiger partial charge on any atom is -0.494 e. The number of ether oxygens (including phenoxy) is 1. The molecule has 1 unspecified atom stereocenters. The Morgan fingerprint density at radius 1 is 1.27 bits per heavy atom. The molecule has 0 aromatic heterocycles. The topological polar surface area (TPSA) is 61.9 Å². The molecule has 26 heavy (non-hydrogen) atoms. The third-order valence-electron chi connectivity index (χ3n) is 4.62. The SMILES string of the molecule is CCOc1ccc(CCCNC(=O)C2CCCN(C(=O)N(C)C)C2)cc1. The quantitative estimate of drug-likeness (QED) is 0.759. The van der Waals surface area contributed by atoms with Crippen molar-refractivity contribution in [1.29, 1.82) is 0 Å². The van der Waals surface area contributed by atoms with E-state index in [-0.39, 0.29) is 17.9 Å². The number of rotatable bonds is 7. The summed E-state index contributed by atoms with van der Waals surface area (Å²) in [5.74, 6) is 0.852. The molecular formula is C20H31N3O3. The first-order valence-corrected chi connectivity index (χ1v) is 9.47. The Bertz CT molecular complexity index is 586. The third kappa shape index (κ3) is 5.93. The van der Waals surface area contributed by atoms with Crippen molar-refractivity contribution in [3.05, 3.63) is 29.8 Å². The van der Waals surface area contributed by atoms with Crippen LogP contribution in [0.15, 0.2) is 24.3 Å². The Balaban J connectivity index is 1.70. The Morgan fingerprint density at radius 3 is 2.65 bits per heavy atom. The molecule has 1 heterocycles. The van der Waals surface area contributed by atoms with Crippen molar-refractivity contribution in [2.24, 2.45) is 5.92 Å². The van der Waals surface area contributed by atoms with Crippen LogP contribution in [0, 0.1) is 5.92 Å². The van der Waals surface area contributed by atoms with Crippen molar-refractivity contribution in [1.82, 2.24) is 15.1 Å². The monoisotopic (exact) mass is 361 g/mol. The maximum atomic E-state index is 12.4. The van der Waals surface area contributed by atoms with Crippen molar-refractivity contribution in [3.8, 4) is 5.75 Å². The van der Waals surface area contributed by atoms with E-state index in [4.69, 9.17) is 4.74 Å². The van der Waals surface area contributed by atoms with Crippen molar-refractivity contribution in [3.63, 3.8) is 0 Å². The highest BCUT2D eigenvalue weighted by atomic mass is 16.5. The molecule has 0 saturated carbocycles. The minimum absolute atomic E-state index is 0.0157. The first kappa shape index (κ1) is 20.1. The fourth-order valence-electron chi connectivity index (χ4n) is 3.22. The molecule has 1 fully saturated rings. The number of hydrogen-bond acceptors (Lipinski definition) is 3. The van der Waals surface area contributed by atoms with E-state index in [2.05, 4.69) is 17.4 Å². The molecule has 6 heteroatoms. The lowest BCUT2D eigenvalue weighted by Crippen LogP contribution is -2.48. The van der Waals surface area contributed by atoms with Gasteiger partial charge < -0.3 is 19.9 Å². The second kappa shape index (κ2) is 10.0. The van der Waals surface area contributed by atoms with Crippen LogP contribution in [-0.2, 0) is 11.2 Å². The molecule has 1 saturated heterocycles. The molecular weight excluding hydrogens is 330 g/mol. The summed E-state index contributed by atoms with van der Waals surface area (Å²) in [6.45, 7) is 4.55. The number of nitrogens with zero attached hydrogens (tertiary/aromatic N) is 2. The number of amides is 3. The first-order chi connectivity index (χ1) is 12.5. The van der Waals surface area contributed by atoms with Gasteiger partial charge in [-0.2, -0.15) is 0 Å². The number of likely N-dealkylation sites (tertiary alicyclic amines) is 1. The van der Waals surface area contributed by atoms with Crippen LogP contribution in [-0.4, -0.2) is 62.1 Å². The van der Waals surface area contributed by atoms with Crippen LogP contribution in [0.4, 0.5) is 4.79 Å². The van der Waals surface area contributed by atoms with Gasteiger partial charge in [0.2, 0.25) is 5.91 Å². The number of nitrogens with one attached hydrogen (secondary N) is 1. The number of hydrogen-bond donors (Lipinski definition) is 1. The summed E-state index contributed by atoms with van der Waals surface area (Å²) in [5, 5.41) is 3.03. The predicted molar refractivity (Wildman–Crippen MR) is 102 cm³/mol. The molecule has 6 nitrogen and oxygen atoms in total. The smallest absolute Gasteiger partial charge is 0.319 e. The second-order valence-electron chi connectivity index (χ2n) is 6.93. The lowest BCUT2D eigenvalue weighted by atomic mass is 9.97. The van der Waals surface area contributed by atoms with Crippen molar-refractivity contribution in [2.45, 2.75) is 32.6 Å². The van der Waals surface area contributed by atoms with Crippen molar-refractivity contribution < 1.29 is 14.3 Å². The van der Waals surface area contributed by atoms with Crippen LogP contribution >= 0.6 is 0 Å². The van der Waals surface area contributed by atoms with E-state index in [0.29, 0.717) is 19.7 Å². The van der Waals surface area contributed by atoms with Crippen LogP contribution in [0.5, 0.6) is 5.75 Å². The van der Waals surface area contributed by atoms with Crippen LogP contribution in [0.3, 0.4) is 0 Å². The van der Waals surface area contributed by atoms with E-state index >= 15 is 0 Å². The van der Waals surface area contributed by atoms with Gasteiger partial charge in [0.05, 0.1) is 12.5 Å². The molecule has 1 aromatic rings. The summed E-state index contributed by atoms with van der Waals surface area (Å²) in [6, 6.07) is 8.08. The summed E-state index contributed by atoms with van der Waals surface area (Å²) in [6.07, 6.45) is 3.54. The summed E-state index contributed by atoms with van der Waals surface area (Å²) in [4.78, 5) is 27.8. The molecule has 0 bridgehead atoms. The zero-order chi connectivity index (χ0) is 18.9. The summed E-state index contributed by atoms with van der Waals surface area (Å²) >= 11 is 0. The van der Waals surface area contributed by atoms with Gasteiger partial charge in [-0.1, -0.05) is 12.1 Å². The van der Waals surface area contributed by atoms with Gasteiger partial charge in [-0.15, -0.1) is 0 Å². The van der Waals surface area contributed by atoms with Gasteiger partial charge in [0.15, 0.2) is 0 Å². The molecule has 2 rings (SSSR count). The minimum atomic E-state index is -0.0990. The molecule has 0 spiro atoms. The van der Waals surface area contributed by atoms with Gasteiger partial charge in [0.25, 0.3) is 0 Å². The van der Waals surface area contributed by atoms with E-state index in [1.165, 1.54) is 5.56 Å². The predicted octanol–water partition coefficient (Wildman–Crippen LogP) is 2.53. The normalized spacial score (nSPS) is 16.9. The highest BCUT2D eigenvalue weighted by molar-refractivity contribution is 5.80. The molecule has 3 amide bonds. The first-order valence-electron chi connectivity index (χ1n) is 9.47. The van der Waals surface area contributed by atoms with Crippen LogP contribution < -0.4 is 10.1 Å². The average molecular weight is 361 g/mol. The largest absolute Gasteiger partial charge is 0.494 e. The molecule has 1 aliphatic heterocycles. The molecule has 1 aromatic carbocycles. The van der Waals surface area contributed by atoms with Crippen molar-refractivity contribution in [2.75, 3.05) is 40.3 Å². The average Bonchev–Trinajstić information content (AvgIpc) is 2.66. The number of carbonyl (C=O) groups is 2. The van der Waals surface area contributed by atoms with Gasteiger partial charge >= 0.3 is 6.03 Å². The number of carbonyl (C=O) groups excluding carboxylic acids is 2. The van der Waals surface area contributed by atoms with E-state index in [0.717, 1.165) is 38.0 Å². The van der Waals surface area contributed by atoms with E-state index in [1.54, 1.807) is 23.9 Å². The van der Waals surface area contributed by atoms with E-state index in [1.807, 2.05) is 19.1 Å². The van der Waals surface area contributed by atoms with Gasteiger partial charge in [-0.3, -0.25) is 4.79 Å². The van der Waals surface area contributed by atoms with Gasteiger partial charge in [0, 0.05) is 33.7 Å². The van der Waals surface area contributed by atoms with Crippen LogP contribution in [0.1, 0.15) is 31.7 Å². The van der Waals surface area contributed by atoms with E-state index < -0.39 is 0 Å². The lowest BCUT2D eigenvalue weighted by Gasteiger charge is -2.33. The molecule has 0 radical (unpaired) electrons. The Hall–Kier alpha value is -2.24. The maximum absolute atomic E-state index is 12.4. The highest BCUT2D eigenvalue weighted by Crippen LogP contribution is 2.18. The van der Waals surface area contributed by atoms with Crippen LogP contribution in [0.2, 0.25) is 0 Å². The van der Waals surface area contributed by atoms with Gasteiger partial charge in [-0.25, -0.2) is 4.79 Å². The maximum Gasteiger partial charge on any atom is 0.319 e. The zero-order valence-electron chi connectivity index (χ0n) is 16.2. The Morgan fingerprint density at radius 2 is 2.00 bits per heavy atom. The number of aryl methyl sites for hydroxylation is 1. The molecule has 0 aliphatic carbocycles. The Labute approximate surface area is 156 Å². The van der Waals surface area contributed by atoms with Gasteiger partial charge in [-0.05, 0) is 50.3 Å². The third-order valence-corrected chi connectivity index (χ3v) is 4.62. The Kier molecular flexibility index (Phi) is 7.75. The second-order valence-corrected chi connectivity index (χ2v) is 6.93. The number of urea groups is 1. The summed E-state index contributed by atoms with van der Waals surface area (Å²) < 4.78 is 5.44. The lowest BCUT2D eigenvalue weighted by molar-refractivity contribution is -0.126. The zero-order valence-corrected chi connectivity index (χ0v) is 16.2. The number of benzene rings is 1. The number of piperidine rings is 1. The standard InChI is InChI=1S/C20H31N3O3/c1-4-26-18-11-9-16(10-12-18)7-5-13-21-19(24)17-8-6-14-23(15-17)20(25)22(2)3/h9-12,17H,4-8,13-15H2,1-3H3,(H,21,24). The molecule has 1 atom stereocenters. The molecule has 1 aliphatic rings. The van der Waals surface area contributed by atoms with Crippen LogP contribution in [0.25, 0.3) is 0 Å².